The highest BCUT2D eigenvalue weighted by Gasteiger charge is 2.39. The largest absolute Gasteiger partial charge is 0.374 e. The fourth-order valence-corrected chi connectivity index (χ4v) is 4.42. The molecule has 2 aliphatic carbocycles. The highest BCUT2D eigenvalue weighted by molar-refractivity contribution is 6.17. The zero-order valence-electron chi connectivity index (χ0n) is 12.0. The van der Waals surface area contributed by atoms with Crippen LogP contribution in [-0.2, 0) is 5.88 Å². The van der Waals surface area contributed by atoms with Gasteiger partial charge in [-0.3, -0.25) is 0 Å². The summed E-state index contributed by atoms with van der Waals surface area (Å²) in [6.45, 7) is 3.38. The molecule has 2 bridgehead atoms. The highest BCUT2D eigenvalue weighted by Crippen LogP contribution is 2.48. The second-order valence-electron chi connectivity index (χ2n) is 6.56. The Kier molecular flexibility index (Phi) is 3.75. The molecule has 2 fully saturated rings. The quantitative estimate of drug-likeness (QED) is 0.727. The summed E-state index contributed by atoms with van der Waals surface area (Å²) in [4.78, 5) is 2.44. The molecule has 3 atom stereocenters. The fraction of sp³-hybridized carbons (Fsp3) is 0.647. The second kappa shape index (κ2) is 5.36. The maximum absolute atomic E-state index is 5.93. The number of fused-ring (bicyclic) bond motifs is 2. The summed E-state index contributed by atoms with van der Waals surface area (Å²) in [5.41, 5.74) is 3.90. The Morgan fingerprint density at radius 3 is 2.68 bits per heavy atom. The van der Waals surface area contributed by atoms with Crippen molar-refractivity contribution in [3.05, 3.63) is 29.3 Å². The van der Waals surface area contributed by atoms with E-state index in [4.69, 9.17) is 11.6 Å². The summed E-state index contributed by atoms with van der Waals surface area (Å²) >= 11 is 5.93. The Morgan fingerprint density at radius 2 is 2.11 bits per heavy atom. The van der Waals surface area contributed by atoms with E-state index in [2.05, 4.69) is 37.1 Å². The van der Waals surface area contributed by atoms with Gasteiger partial charge >= 0.3 is 0 Å². The molecule has 3 rings (SSSR count). The van der Waals surface area contributed by atoms with Crippen LogP contribution in [0.25, 0.3) is 0 Å². The number of hydrogen-bond acceptors (Lipinski definition) is 1. The molecule has 0 aliphatic heterocycles. The maximum atomic E-state index is 5.93. The van der Waals surface area contributed by atoms with E-state index in [1.165, 1.54) is 49.0 Å². The van der Waals surface area contributed by atoms with Gasteiger partial charge in [0.05, 0.1) is 0 Å². The topological polar surface area (TPSA) is 3.24 Å². The van der Waals surface area contributed by atoms with Gasteiger partial charge < -0.3 is 4.90 Å². The molecule has 3 unspecified atom stereocenters. The third-order valence-corrected chi connectivity index (χ3v) is 5.59. The van der Waals surface area contributed by atoms with Crippen molar-refractivity contribution in [2.45, 2.75) is 38.5 Å². The molecule has 0 saturated heterocycles. The van der Waals surface area contributed by atoms with Crippen LogP contribution in [-0.4, -0.2) is 13.6 Å². The number of benzene rings is 1. The van der Waals surface area contributed by atoms with Crippen LogP contribution in [0.5, 0.6) is 0 Å². The molecule has 19 heavy (non-hydrogen) atoms. The van der Waals surface area contributed by atoms with Gasteiger partial charge in [-0.25, -0.2) is 0 Å². The molecule has 2 aliphatic rings. The molecule has 2 saturated carbocycles. The van der Waals surface area contributed by atoms with E-state index in [-0.39, 0.29) is 0 Å². The number of rotatable bonds is 4. The molecule has 0 spiro atoms. The van der Waals surface area contributed by atoms with Gasteiger partial charge in [0.25, 0.3) is 0 Å². The smallest absolute Gasteiger partial charge is 0.0476 e. The first kappa shape index (κ1) is 13.3. The van der Waals surface area contributed by atoms with Gasteiger partial charge in [0.15, 0.2) is 0 Å². The van der Waals surface area contributed by atoms with Crippen LogP contribution < -0.4 is 4.90 Å². The van der Waals surface area contributed by atoms with Crippen molar-refractivity contribution in [2.24, 2.45) is 17.8 Å². The summed E-state index contributed by atoms with van der Waals surface area (Å²) in [5, 5.41) is 0. The van der Waals surface area contributed by atoms with Gasteiger partial charge in [-0.15, -0.1) is 11.6 Å². The minimum atomic E-state index is 0.613. The molecule has 0 heterocycles. The summed E-state index contributed by atoms with van der Waals surface area (Å²) in [5.74, 6) is 3.60. The third-order valence-electron chi connectivity index (χ3n) is 5.30. The van der Waals surface area contributed by atoms with Crippen LogP contribution in [0.2, 0.25) is 0 Å². The number of halogens is 1. The lowest BCUT2D eigenvalue weighted by Gasteiger charge is -2.29. The molecule has 1 aromatic rings. The average Bonchev–Trinajstić information content (AvgIpc) is 3.00. The molecule has 0 aromatic heterocycles. The van der Waals surface area contributed by atoms with Gasteiger partial charge in [-0.1, -0.05) is 12.5 Å². The second-order valence-corrected chi connectivity index (χ2v) is 6.83. The van der Waals surface area contributed by atoms with Crippen molar-refractivity contribution >= 4 is 17.3 Å². The number of anilines is 1. The summed E-state index contributed by atoms with van der Waals surface area (Å²) in [6.07, 6.45) is 5.94. The summed E-state index contributed by atoms with van der Waals surface area (Å²) < 4.78 is 0. The van der Waals surface area contributed by atoms with E-state index >= 15 is 0 Å². The minimum Gasteiger partial charge on any atom is -0.374 e. The van der Waals surface area contributed by atoms with E-state index in [1.54, 1.807) is 0 Å². The first-order chi connectivity index (χ1) is 9.17. The average molecular weight is 278 g/mol. The first-order valence-electron chi connectivity index (χ1n) is 7.54. The zero-order valence-corrected chi connectivity index (χ0v) is 12.8. The van der Waals surface area contributed by atoms with Crippen LogP contribution in [0.3, 0.4) is 0 Å². The lowest BCUT2D eigenvalue weighted by Crippen LogP contribution is -2.28. The van der Waals surface area contributed by atoms with Gasteiger partial charge in [-0.2, -0.15) is 0 Å². The Balaban J connectivity index is 1.67. The van der Waals surface area contributed by atoms with Crippen LogP contribution in [0.1, 0.15) is 36.8 Å². The highest BCUT2D eigenvalue weighted by atomic mass is 35.5. The monoisotopic (exact) mass is 277 g/mol. The molecular weight excluding hydrogens is 254 g/mol. The van der Waals surface area contributed by atoms with Crippen LogP contribution in [0.4, 0.5) is 5.69 Å². The zero-order chi connectivity index (χ0) is 13.4. The van der Waals surface area contributed by atoms with Crippen molar-refractivity contribution in [3.63, 3.8) is 0 Å². The Morgan fingerprint density at radius 1 is 1.26 bits per heavy atom. The Labute approximate surface area is 121 Å². The molecular formula is C17H24ClN. The van der Waals surface area contributed by atoms with E-state index in [9.17, 15) is 0 Å². The third kappa shape index (κ3) is 2.63. The molecule has 0 amide bonds. The predicted octanol–water partition coefficient (Wildman–Crippen LogP) is 4.61. The first-order valence-corrected chi connectivity index (χ1v) is 8.07. The molecule has 0 N–H and O–H groups in total. The molecule has 0 radical (unpaired) electrons. The van der Waals surface area contributed by atoms with Crippen LogP contribution in [0, 0.1) is 24.7 Å². The Bertz CT molecular complexity index is 457. The number of aryl methyl sites for hydroxylation is 1. The lowest BCUT2D eigenvalue weighted by molar-refractivity contribution is 0.337. The van der Waals surface area contributed by atoms with Gasteiger partial charge in [0.1, 0.15) is 0 Å². The van der Waals surface area contributed by atoms with Gasteiger partial charge in [-0.05, 0) is 67.2 Å². The van der Waals surface area contributed by atoms with Crippen molar-refractivity contribution in [3.8, 4) is 0 Å². The number of nitrogens with zero attached hydrogens (tertiary/aromatic N) is 1. The number of alkyl halides is 1. The van der Waals surface area contributed by atoms with Crippen molar-refractivity contribution in [1.82, 2.24) is 0 Å². The Hall–Kier alpha value is -0.690. The lowest BCUT2D eigenvalue weighted by atomic mass is 9.88. The van der Waals surface area contributed by atoms with Crippen LogP contribution >= 0.6 is 11.6 Å². The van der Waals surface area contributed by atoms with Gasteiger partial charge in [0, 0.05) is 25.2 Å². The van der Waals surface area contributed by atoms with Crippen molar-refractivity contribution in [1.29, 1.82) is 0 Å². The van der Waals surface area contributed by atoms with E-state index < -0.39 is 0 Å². The molecule has 2 heteroatoms. The normalized spacial score (nSPS) is 28.9. The maximum Gasteiger partial charge on any atom is 0.0476 e. The standard InChI is InChI=1S/C17H24ClN/c1-12-7-17(6-5-15(12)10-18)19(2)11-16-9-13-3-4-14(16)8-13/h5-7,13-14,16H,3-4,8-11H2,1-2H3. The van der Waals surface area contributed by atoms with Crippen molar-refractivity contribution < 1.29 is 0 Å². The fourth-order valence-electron chi connectivity index (χ4n) is 4.12. The van der Waals surface area contributed by atoms with Gasteiger partial charge in [0.2, 0.25) is 0 Å². The predicted molar refractivity (Wildman–Crippen MR) is 82.9 cm³/mol. The van der Waals surface area contributed by atoms with E-state index in [0.29, 0.717) is 5.88 Å². The molecule has 104 valence electrons. The molecule has 1 nitrogen and oxygen atoms in total. The minimum absolute atomic E-state index is 0.613. The van der Waals surface area contributed by atoms with E-state index in [1.807, 2.05) is 0 Å². The number of hydrogen-bond donors (Lipinski definition) is 0. The van der Waals surface area contributed by atoms with Crippen LogP contribution in [0.15, 0.2) is 18.2 Å². The summed E-state index contributed by atoms with van der Waals surface area (Å²) in [6, 6.07) is 6.68. The molecule has 1 aromatic carbocycles. The van der Waals surface area contributed by atoms with E-state index in [0.717, 1.165) is 17.8 Å². The van der Waals surface area contributed by atoms with Crippen molar-refractivity contribution in [2.75, 3.05) is 18.5 Å². The SMILES string of the molecule is Cc1cc(N(C)CC2CC3CCC2C3)ccc1CCl. The summed E-state index contributed by atoms with van der Waals surface area (Å²) in [7, 11) is 2.24.